The summed E-state index contributed by atoms with van der Waals surface area (Å²) in [7, 11) is 0. The van der Waals surface area contributed by atoms with Crippen molar-refractivity contribution >= 4 is 52.2 Å². The Hall–Kier alpha value is -5.16. The normalized spacial score (nSPS) is 12.9. The second-order valence-corrected chi connectivity index (χ2v) is 15.0. The summed E-state index contributed by atoms with van der Waals surface area (Å²) < 4.78 is 15.8. The smallest absolute Gasteiger partial charge is 0.407 e. The van der Waals surface area contributed by atoms with Gasteiger partial charge in [-0.3, -0.25) is 14.5 Å². The Labute approximate surface area is 347 Å². The number of benzene rings is 2. The maximum absolute atomic E-state index is 13.7. The number of amides is 2. The van der Waals surface area contributed by atoms with Gasteiger partial charge in [-0.1, -0.05) is 53.1 Å². The Kier molecular flexibility index (Phi) is 17.2. The highest BCUT2D eigenvalue weighted by atomic mass is 35.5. The average molecular weight is 833 g/mol. The Bertz CT molecular complexity index is 2020. The Morgan fingerprint density at radius 2 is 1.78 bits per heavy atom. The first-order valence-electron chi connectivity index (χ1n) is 19.1. The highest BCUT2D eigenvalue weighted by Gasteiger charge is 2.24. The van der Waals surface area contributed by atoms with Gasteiger partial charge in [0.05, 0.1) is 41.9 Å². The van der Waals surface area contributed by atoms with Crippen LogP contribution in [0, 0.1) is 13.8 Å². The van der Waals surface area contributed by atoms with Crippen molar-refractivity contribution in [1.29, 1.82) is 0 Å². The third-order valence-electron chi connectivity index (χ3n) is 9.29. The number of anilines is 1. The minimum atomic E-state index is -0.593. The first kappa shape index (κ1) is 44.0. The summed E-state index contributed by atoms with van der Waals surface area (Å²) in [5, 5.41) is 7.71. The van der Waals surface area contributed by atoms with E-state index in [1.165, 1.54) is 11.3 Å². The number of ketones is 1. The maximum atomic E-state index is 13.7. The molecule has 58 heavy (non-hydrogen) atoms. The molecule has 308 valence electrons. The van der Waals surface area contributed by atoms with Crippen molar-refractivity contribution in [3.8, 4) is 0 Å². The minimum Gasteiger partial charge on any atom is -0.447 e. The van der Waals surface area contributed by atoms with Gasteiger partial charge in [0.15, 0.2) is 5.78 Å². The highest BCUT2D eigenvalue weighted by Crippen LogP contribution is 2.25. The van der Waals surface area contributed by atoms with Crippen LogP contribution in [0.1, 0.15) is 49.8 Å². The number of ether oxygens (including phenoxy) is 3. The zero-order valence-corrected chi connectivity index (χ0v) is 34.6. The van der Waals surface area contributed by atoms with Gasteiger partial charge in [-0.15, -0.1) is 11.3 Å². The Morgan fingerprint density at radius 3 is 2.52 bits per heavy atom. The van der Waals surface area contributed by atoms with E-state index in [0.29, 0.717) is 80.4 Å². The van der Waals surface area contributed by atoms with Gasteiger partial charge < -0.3 is 29.3 Å². The molecule has 5 rings (SSSR count). The van der Waals surface area contributed by atoms with Gasteiger partial charge in [0, 0.05) is 93.1 Å². The van der Waals surface area contributed by atoms with E-state index in [9.17, 15) is 14.4 Å². The van der Waals surface area contributed by atoms with E-state index >= 15 is 0 Å². The predicted octanol–water partition coefficient (Wildman–Crippen LogP) is 6.09. The molecule has 4 aromatic rings. The molecule has 1 aliphatic heterocycles. The summed E-state index contributed by atoms with van der Waals surface area (Å²) >= 11 is 7.73. The van der Waals surface area contributed by atoms with E-state index in [4.69, 9.17) is 36.3 Å². The number of thiazole rings is 1. The molecule has 0 unspecified atom stereocenters. The fourth-order valence-corrected chi connectivity index (χ4v) is 7.40. The molecule has 2 amide bonds. The number of carbonyl (C=O) groups excluding carboxylic acids is 3. The van der Waals surface area contributed by atoms with Crippen LogP contribution in [-0.4, -0.2) is 121 Å². The van der Waals surface area contributed by atoms with Gasteiger partial charge >= 0.3 is 6.09 Å². The van der Waals surface area contributed by atoms with Gasteiger partial charge in [-0.2, -0.15) is 0 Å². The van der Waals surface area contributed by atoms with Crippen molar-refractivity contribution < 1.29 is 28.6 Å². The number of azide groups is 1. The lowest BCUT2D eigenvalue weighted by Crippen LogP contribution is -2.51. The molecular weight excluding hydrogens is 784 g/mol. The van der Waals surface area contributed by atoms with Crippen LogP contribution < -0.4 is 10.2 Å². The summed E-state index contributed by atoms with van der Waals surface area (Å²) in [6, 6.07) is 14.6. The molecule has 3 heterocycles. The van der Waals surface area contributed by atoms with Crippen LogP contribution in [-0.2, 0) is 38.4 Å². The summed E-state index contributed by atoms with van der Waals surface area (Å²) in [6.45, 7) is 11.1. The average Bonchev–Trinajstić information content (AvgIpc) is 3.68. The van der Waals surface area contributed by atoms with Crippen LogP contribution >= 0.6 is 22.9 Å². The quantitative estimate of drug-likeness (QED) is 0.0336. The fourth-order valence-electron chi connectivity index (χ4n) is 6.24. The summed E-state index contributed by atoms with van der Waals surface area (Å²) in [5.41, 5.74) is 12.7. The van der Waals surface area contributed by atoms with Crippen molar-refractivity contribution in [1.82, 2.24) is 30.1 Å². The van der Waals surface area contributed by atoms with Crippen LogP contribution in [0.2, 0.25) is 5.02 Å². The fraction of sp³-hybridized carbons (Fsp3) is 0.450. The molecule has 0 aliphatic carbocycles. The lowest BCUT2D eigenvalue weighted by Gasteiger charge is -2.36. The van der Waals surface area contributed by atoms with E-state index in [2.05, 4.69) is 35.1 Å². The number of piperazine rings is 1. The van der Waals surface area contributed by atoms with Crippen LogP contribution in [0.15, 0.2) is 59.8 Å². The van der Waals surface area contributed by atoms with E-state index in [-0.39, 0.29) is 51.0 Å². The summed E-state index contributed by atoms with van der Waals surface area (Å²) in [4.78, 5) is 62.4. The molecule has 1 aliphatic rings. The third kappa shape index (κ3) is 13.7. The number of rotatable bonds is 21. The molecule has 1 N–H and O–H groups in total. The second-order valence-electron chi connectivity index (χ2n) is 13.5. The third-order valence-corrected chi connectivity index (χ3v) is 10.7. The van der Waals surface area contributed by atoms with Gasteiger partial charge in [0.25, 0.3) is 0 Å². The van der Waals surface area contributed by atoms with E-state index in [0.717, 1.165) is 33.2 Å². The number of alkyl carbamates (subject to hydrolysis) is 1. The molecule has 2 aromatic carbocycles. The molecule has 16 nitrogen and oxygen atoms in total. The topological polar surface area (TPSA) is 188 Å². The molecule has 2 aromatic heterocycles. The van der Waals surface area contributed by atoms with Crippen molar-refractivity contribution in [2.75, 3.05) is 83.7 Å². The highest BCUT2D eigenvalue weighted by molar-refractivity contribution is 7.13. The SMILES string of the molecule is CCOCCOCCOC(=O)NCCN(Cc1ccc(N=[N+]=[N-])cc1)C(=O)CN1CCN(c2cc(Cc3ncc(C(=O)Cc4c(C)cccc4Cl)s3)nc(C)n2)CC1. The molecule has 1 fully saturated rings. The molecule has 18 heteroatoms. The second kappa shape index (κ2) is 22.7. The molecular formula is C40H49ClN10O6S. The van der Waals surface area contributed by atoms with E-state index < -0.39 is 6.09 Å². The Morgan fingerprint density at radius 1 is 1.02 bits per heavy atom. The zero-order chi connectivity index (χ0) is 41.3. The van der Waals surface area contributed by atoms with E-state index in [1.54, 1.807) is 29.3 Å². The van der Waals surface area contributed by atoms with E-state index in [1.807, 2.05) is 51.1 Å². The predicted molar refractivity (Wildman–Crippen MR) is 222 cm³/mol. The summed E-state index contributed by atoms with van der Waals surface area (Å²) in [6.07, 6.45) is 1.72. The molecule has 0 saturated carbocycles. The zero-order valence-electron chi connectivity index (χ0n) is 33.1. The summed E-state index contributed by atoms with van der Waals surface area (Å²) in [5.74, 6) is 1.33. The largest absolute Gasteiger partial charge is 0.447 e. The van der Waals surface area contributed by atoms with Crippen LogP contribution in [0.4, 0.5) is 16.3 Å². The van der Waals surface area contributed by atoms with Crippen molar-refractivity contribution in [3.63, 3.8) is 0 Å². The van der Waals surface area contributed by atoms with Gasteiger partial charge in [-0.25, -0.2) is 19.7 Å². The number of Topliss-reactive ketones (excluding diaryl/α,β-unsaturated/α-hetero) is 1. The molecule has 0 radical (unpaired) electrons. The van der Waals surface area contributed by atoms with Crippen LogP contribution in [0.25, 0.3) is 10.4 Å². The minimum absolute atomic E-state index is 0.0250. The van der Waals surface area contributed by atoms with Gasteiger partial charge in [0.1, 0.15) is 18.2 Å². The first-order chi connectivity index (χ1) is 28.1. The molecule has 0 atom stereocenters. The van der Waals surface area contributed by atoms with Crippen LogP contribution in [0.3, 0.4) is 0 Å². The van der Waals surface area contributed by atoms with Crippen molar-refractivity contribution in [2.24, 2.45) is 5.11 Å². The van der Waals surface area contributed by atoms with Crippen molar-refractivity contribution in [2.45, 2.75) is 40.2 Å². The monoisotopic (exact) mass is 832 g/mol. The lowest BCUT2D eigenvalue weighted by molar-refractivity contribution is -0.133. The Balaban J connectivity index is 1.13. The molecule has 0 bridgehead atoms. The standard InChI is InChI=1S/C40H49ClN10O6S/c1-4-55-18-19-56-20-21-57-40(54)43-12-13-51(26-30-8-10-31(11-9-30)47-48-42)39(53)27-49-14-16-50(17-15-49)37-22-32(45-29(3)46-37)23-38-44-25-36(58-38)35(52)24-33-28(2)6-5-7-34(33)41/h5-11,22,25H,4,12-21,23-24,26-27H2,1-3H3,(H,43,54). The molecule has 1 saturated heterocycles. The molecule has 0 spiro atoms. The van der Waals surface area contributed by atoms with Crippen molar-refractivity contribution in [3.05, 3.63) is 108 Å². The number of aryl methyl sites for hydroxylation is 2. The van der Waals surface area contributed by atoms with Gasteiger partial charge in [0.2, 0.25) is 5.91 Å². The number of hydrogen-bond acceptors (Lipinski definition) is 13. The number of halogens is 1. The van der Waals surface area contributed by atoms with Gasteiger partial charge in [-0.05, 0) is 49.1 Å². The maximum Gasteiger partial charge on any atom is 0.407 e. The van der Waals surface area contributed by atoms with Crippen LogP contribution in [0.5, 0.6) is 0 Å². The lowest BCUT2D eigenvalue weighted by atomic mass is 10.0. The number of aromatic nitrogens is 3. The number of carbonyl (C=O) groups is 3. The number of nitrogens with one attached hydrogen (secondary N) is 1. The number of hydrogen-bond donors (Lipinski definition) is 1. The first-order valence-corrected chi connectivity index (χ1v) is 20.3. The number of nitrogens with zero attached hydrogens (tertiary/aromatic N) is 9.